The molecular formula is C39H34ClFN2O4. The van der Waals surface area contributed by atoms with Crippen molar-refractivity contribution in [3.8, 4) is 22.3 Å². The molecule has 5 aromatic carbocycles. The van der Waals surface area contributed by atoms with Crippen LogP contribution >= 0.6 is 11.6 Å². The van der Waals surface area contributed by atoms with Gasteiger partial charge in [0, 0.05) is 12.0 Å². The minimum absolute atomic E-state index is 0.0330. The minimum Gasteiger partial charge on any atom is -0.480 e. The van der Waals surface area contributed by atoms with Gasteiger partial charge in [-0.3, -0.25) is 9.59 Å². The number of carboxylic acid groups (broad SMARTS) is 1. The number of carbonyl (C=O) groups excluding carboxylic acids is 2. The van der Waals surface area contributed by atoms with E-state index in [1.807, 2.05) is 66.7 Å². The Bertz CT molecular complexity index is 1920. The molecule has 0 bridgehead atoms. The van der Waals surface area contributed by atoms with Gasteiger partial charge in [0.1, 0.15) is 11.9 Å². The molecule has 0 aromatic heterocycles. The predicted molar refractivity (Wildman–Crippen MR) is 184 cm³/mol. The van der Waals surface area contributed by atoms with Crippen LogP contribution in [-0.4, -0.2) is 28.9 Å². The van der Waals surface area contributed by atoms with E-state index in [9.17, 15) is 23.9 Å². The van der Waals surface area contributed by atoms with E-state index >= 15 is 0 Å². The highest BCUT2D eigenvalue weighted by atomic mass is 35.5. The smallest absolute Gasteiger partial charge is 0.326 e. The number of carbonyl (C=O) groups is 3. The van der Waals surface area contributed by atoms with Gasteiger partial charge in [-0.2, -0.15) is 0 Å². The predicted octanol–water partition coefficient (Wildman–Crippen LogP) is 8.79. The molecule has 0 radical (unpaired) electrons. The summed E-state index contributed by atoms with van der Waals surface area (Å²) >= 11 is 6.02. The fraction of sp³-hybridized carbons (Fsp3) is 0.154. The van der Waals surface area contributed by atoms with Crippen LogP contribution in [0.25, 0.3) is 22.3 Å². The first kappa shape index (κ1) is 33.1. The van der Waals surface area contributed by atoms with Gasteiger partial charge >= 0.3 is 5.97 Å². The number of anilines is 1. The van der Waals surface area contributed by atoms with E-state index in [1.165, 1.54) is 24.3 Å². The average Bonchev–Trinajstić information content (AvgIpc) is 3.06. The molecule has 0 aliphatic carbocycles. The second-order valence-corrected chi connectivity index (χ2v) is 12.7. The normalized spacial score (nSPS) is 11.9. The molecule has 0 unspecified atom stereocenters. The van der Waals surface area contributed by atoms with Crippen molar-refractivity contribution in [3.63, 3.8) is 0 Å². The van der Waals surface area contributed by atoms with Crippen LogP contribution in [0.15, 0.2) is 115 Å². The zero-order valence-corrected chi connectivity index (χ0v) is 26.9. The standard InChI is InChI=1S/C39H34ClFN2O4/c1-39(2,3)30-17-13-27(14-18-30)36(44)42-34-20-16-28(29-15-19-33(41)32(40)23-29)22-31(34)37(45)43-35(38(46)47)21-24-9-11-26(12-10-24)25-7-5-4-6-8-25/h4-20,22-23,35H,21H2,1-3H3,(H,42,44)(H,43,45)(H,46,47)/t35-/m0/s1. The molecule has 3 N–H and O–H groups in total. The zero-order valence-electron chi connectivity index (χ0n) is 26.2. The van der Waals surface area contributed by atoms with Crippen molar-refractivity contribution in [2.45, 2.75) is 38.6 Å². The maximum atomic E-state index is 13.9. The van der Waals surface area contributed by atoms with E-state index in [2.05, 4.69) is 31.4 Å². The Balaban J connectivity index is 1.42. The molecule has 2 amide bonds. The molecule has 0 saturated heterocycles. The number of benzene rings is 5. The number of aliphatic carboxylic acids is 1. The summed E-state index contributed by atoms with van der Waals surface area (Å²) in [7, 11) is 0. The molecule has 0 saturated carbocycles. The molecule has 47 heavy (non-hydrogen) atoms. The largest absolute Gasteiger partial charge is 0.480 e. The van der Waals surface area contributed by atoms with Crippen LogP contribution in [0.3, 0.4) is 0 Å². The highest BCUT2D eigenvalue weighted by molar-refractivity contribution is 6.31. The number of hydrogen-bond donors (Lipinski definition) is 3. The summed E-state index contributed by atoms with van der Waals surface area (Å²) < 4.78 is 13.9. The van der Waals surface area contributed by atoms with Gasteiger partial charge in [-0.25, -0.2) is 9.18 Å². The number of halogens is 2. The summed E-state index contributed by atoms with van der Waals surface area (Å²) in [5.41, 5.74) is 5.37. The summed E-state index contributed by atoms with van der Waals surface area (Å²) in [5.74, 6) is -2.94. The molecule has 0 spiro atoms. The van der Waals surface area contributed by atoms with Gasteiger partial charge in [-0.1, -0.05) is 111 Å². The van der Waals surface area contributed by atoms with Gasteiger partial charge in [-0.05, 0) is 75.2 Å². The zero-order chi connectivity index (χ0) is 33.7. The van der Waals surface area contributed by atoms with E-state index in [4.69, 9.17) is 11.6 Å². The first-order chi connectivity index (χ1) is 22.4. The summed E-state index contributed by atoms with van der Waals surface area (Å²) in [6.07, 6.45) is 0.0330. The quantitative estimate of drug-likeness (QED) is 0.149. The number of amides is 2. The summed E-state index contributed by atoms with van der Waals surface area (Å²) in [6.45, 7) is 6.23. The number of carboxylic acids is 1. The van der Waals surface area contributed by atoms with Gasteiger partial charge in [0.25, 0.3) is 11.8 Å². The molecule has 0 fully saturated rings. The van der Waals surface area contributed by atoms with Crippen molar-refractivity contribution < 1.29 is 23.9 Å². The Morgan fingerprint density at radius 2 is 1.34 bits per heavy atom. The number of rotatable bonds is 9. The molecule has 238 valence electrons. The Hall–Kier alpha value is -5.27. The summed E-state index contributed by atoms with van der Waals surface area (Å²) in [6, 6.07) is 32.1. The number of nitrogens with one attached hydrogen (secondary N) is 2. The second kappa shape index (κ2) is 14.0. The van der Waals surface area contributed by atoms with Gasteiger partial charge in [-0.15, -0.1) is 0 Å². The Morgan fingerprint density at radius 1 is 0.745 bits per heavy atom. The lowest BCUT2D eigenvalue weighted by molar-refractivity contribution is -0.139. The fourth-order valence-corrected chi connectivity index (χ4v) is 5.33. The van der Waals surface area contributed by atoms with Crippen LogP contribution in [0.1, 0.15) is 52.6 Å². The minimum atomic E-state index is -1.26. The van der Waals surface area contributed by atoms with Crippen LogP contribution < -0.4 is 10.6 Å². The van der Waals surface area contributed by atoms with Crippen LogP contribution in [0.2, 0.25) is 5.02 Å². The number of hydrogen-bond acceptors (Lipinski definition) is 3. The van der Waals surface area contributed by atoms with Crippen LogP contribution in [0.4, 0.5) is 10.1 Å². The van der Waals surface area contributed by atoms with Crippen molar-refractivity contribution >= 4 is 35.1 Å². The lowest BCUT2D eigenvalue weighted by atomic mass is 9.86. The van der Waals surface area contributed by atoms with Gasteiger partial charge in [0.2, 0.25) is 0 Å². The van der Waals surface area contributed by atoms with Crippen molar-refractivity contribution in [2.24, 2.45) is 0 Å². The third-order valence-corrected chi connectivity index (χ3v) is 8.17. The lowest BCUT2D eigenvalue weighted by Crippen LogP contribution is -2.42. The van der Waals surface area contributed by atoms with Crippen molar-refractivity contribution in [1.29, 1.82) is 0 Å². The van der Waals surface area contributed by atoms with Crippen LogP contribution in [0, 0.1) is 5.82 Å². The molecule has 5 rings (SSSR count). The summed E-state index contributed by atoms with van der Waals surface area (Å²) in [4.78, 5) is 39.4. The molecule has 8 heteroatoms. The van der Waals surface area contributed by atoms with E-state index in [0.29, 0.717) is 16.7 Å². The van der Waals surface area contributed by atoms with E-state index < -0.39 is 29.6 Å². The van der Waals surface area contributed by atoms with Crippen molar-refractivity contribution in [2.75, 3.05) is 5.32 Å². The monoisotopic (exact) mass is 648 g/mol. The summed E-state index contributed by atoms with van der Waals surface area (Å²) in [5, 5.41) is 15.4. The van der Waals surface area contributed by atoms with Gasteiger partial charge in [0.05, 0.1) is 16.3 Å². The molecule has 6 nitrogen and oxygen atoms in total. The Labute approximate surface area is 278 Å². The first-order valence-electron chi connectivity index (χ1n) is 15.1. The first-order valence-corrected chi connectivity index (χ1v) is 15.5. The second-order valence-electron chi connectivity index (χ2n) is 12.3. The Morgan fingerprint density at radius 3 is 1.96 bits per heavy atom. The third-order valence-electron chi connectivity index (χ3n) is 7.88. The maximum Gasteiger partial charge on any atom is 0.326 e. The van der Waals surface area contributed by atoms with E-state index in [1.54, 1.807) is 24.3 Å². The molecule has 5 aromatic rings. The molecule has 0 aliphatic heterocycles. The average molecular weight is 649 g/mol. The van der Waals surface area contributed by atoms with Crippen LogP contribution in [0.5, 0.6) is 0 Å². The Kier molecular flexibility index (Phi) is 9.87. The third kappa shape index (κ3) is 8.12. The SMILES string of the molecule is CC(C)(C)c1ccc(C(=O)Nc2ccc(-c3ccc(F)c(Cl)c3)cc2C(=O)N[C@@H](Cc2ccc(-c3ccccc3)cc2)C(=O)O)cc1. The highest BCUT2D eigenvalue weighted by Crippen LogP contribution is 2.30. The van der Waals surface area contributed by atoms with Crippen molar-refractivity contribution in [3.05, 3.63) is 148 Å². The molecule has 1 atom stereocenters. The fourth-order valence-electron chi connectivity index (χ4n) is 5.15. The highest BCUT2D eigenvalue weighted by Gasteiger charge is 2.24. The topological polar surface area (TPSA) is 95.5 Å². The molecule has 0 heterocycles. The van der Waals surface area contributed by atoms with Gasteiger partial charge < -0.3 is 15.7 Å². The molecular weight excluding hydrogens is 615 g/mol. The van der Waals surface area contributed by atoms with E-state index in [0.717, 1.165) is 22.3 Å². The van der Waals surface area contributed by atoms with Crippen molar-refractivity contribution in [1.82, 2.24) is 5.32 Å². The van der Waals surface area contributed by atoms with Gasteiger partial charge in [0.15, 0.2) is 0 Å². The lowest BCUT2D eigenvalue weighted by Gasteiger charge is -2.19. The van der Waals surface area contributed by atoms with Crippen LogP contribution in [-0.2, 0) is 16.6 Å². The maximum absolute atomic E-state index is 13.9. The van der Waals surface area contributed by atoms with E-state index in [-0.39, 0.29) is 28.1 Å². The molecule has 0 aliphatic rings.